The lowest BCUT2D eigenvalue weighted by Gasteiger charge is -2.25. The van der Waals surface area contributed by atoms with Crippen molar-refractivity contribution in [2.24, 2.45) is 0 Å². The fourth-order valence-electron chi connectivity index (χ4n) is 3.01. The van der Waals surface area contributed by atoms with Crippen LogP contribution in [0.25, 0.3) is 0 Å². The number of nitrogens with one attached hydrogen (secondary N) is 1. The van der Waals surface area contributed by atoms with Gasteiger partial charge in [-0.1, -0.05) is 25.5 Å². The molecule has 1 aromatic carbocycles. The molecule has 6 nitrogen and oxygen atoms in total. The van der Waals surface area contributed by atoms with E-state index in [-0.39, 0.29) is 16.5 Å². The van der Waals surface area contributed by atoms with Crippen LogP contribution in [0, 0.1) is 0 Å². The zero-order chi connectivity index (χ0) is 20.0. The maximum Gasteiger partial charge on any atom is 0.252 e. The lowest BCUT2D eigenvalue weighted by atomic mass is 10.1. The van der Waals surface area contributed by atoms with Gasteiger partial charge < -0.3 is 10.1 Å². The Kier molecular flexibility index (Phi) is 7.23. The van der Waals surface area contributed by atoms with E-state index in [0.29, 0.717) is 26.3 Å². The summed E-state index contributed by atoms with van der Waals surface area (Å²) in [6.07, 6.45) is 3.50. The highest BCUT2D eigenvalue weighted by molar-refractivity contribution is 7.91. The SMILES string of the molecule is CCCCc1ccc(NC(=O)Cc2ccc(S(=O)(=O)N3CCOCC3)s2)cc1. The van der Waals surface area contributed by atoms with Gasteiger partial charge >= 0.3 is 0 Å². The minimum atomic E-state index is -3.51. The Morgan fingerprint density at radius 3 is 2.54 bits per heavy atom. The number of amides is 1. The largest absolute Gasteiger partial charge is 0.379 e. The molecular formula is C20H26N2O4S2. The van der Waals surface area contributed by atoms with Crippen molar-refractivity contribution in [3.8, 4) is 0 Å². The van der Waals surface area contributed by atoms with Crippen molar-refractivity contribution in [1.82, 2.24) is 4.31 Å². The second-order valence-electron chi connectivity index (χ2n) is 6.76. The fraction of sp³-hybridized carbons (Fsp3) is 0.450. The number of nitrogens with zero attached hydrogens (tertiary/aromatic N) is 1. The molecule has 1 fully saturated rings. The standard InChI is InChI=1S/C20H26N2O4S2/c1-2-3-4-16-5-7-17(8-6-16)21-19(23)15-18-9-10-20(27-18)28(24,25)22-11-13-26-14-12-22/h5-10H,2-4,11-15H2,1H3,(H,21,23). The van der Waals surface area contributed by atoms with Gasteiger partial charge in [-0.05, 0) is 42.7 Å². The van der Waals surface area contributed by atoms with Crippen molar-refractivity contribution < 1.29 is 17.9 Å². The van der Waals surface area contributed by atoms with Gasteiger partial charge in [0.05, 0.1) is 19.6 Å². The minimum Gasteiger partial charge on any atom is -0.379 e. The van der Waals surface area contributed by atoms with E-state index in [4.69, 9.17) is 4.74 Å². The number of hydrogen-bond donors (Lipinski definition) is 1. The Morgan fingerprint density at radius 1 is 1.14 bits per heavy atom. The van der Waals surface area contributed by atoms with Crippen LogP contribution in [0.5, 0.6) is 0 Å². The highest BCUT2D eigenvalue weighted by Crippen LogP contribution is 2.26. The first-order chi connectivity index (χ1) is 13.5. The van der Waals surface area contributed by atoms with E-state index in [0.717, 1.165) is 41.2 Å². The molecule has 2 heterocycles. The first-order valence-corrected chi connectivity index (χ1v) is 11.8. The molecule has 1 aliphatic heterocycles. The smallest absolute Gasteiger partial charge is 0.252 e. The number of carbonyl (C=O) groups is 1. The van der Waals surface area contributed by atoms with E-state index < -0.39 is 10.0 Å². The predicted octanol–water partition coefficient (Wildman–Crippen LogP) is 3.29. The van der Waals surface area contributed by atoms with Gasteiger partial charge in [0.1, 0.15) is 4.21 Å². The molecule has 1 N–H and O–H groups in total. The van der Waals surface area contributed by atoms with Crippen LogP contribution >= 0.6 is 11.3 Å². The summed E-state index contributed by atoms with van der Waals surface area (Å²) in [6.45, 7) is 3.72. The predicted molar refractivity (Wildman–Crippen MR) is 111 cm³/mol. The Balaban J connectivity index is 1.57. The lowest BCUT2D eigenvalue weighted by molar-refractivity contribution is -0.115. The van der Waals surface area contributed by atoms with Gasteiger partial charge in [0.15, 0.2) is 0 Å². The van der Waals surface area contributed by atoms with E-state index in [1.807, 2.05) is 24.3 Å². The van der Waals surface area contributed by atoms with Crippen molar-refractivity contribution in [1.29, 1.82) is 0 Å². The lowest BCUT2D eigenvalue weighted by Crippen LogP contribution is -2.40. The van der Waals surface area contributed by atoms with Gasteiger partial charge in [0.25, 0.3) is 10.0 Å². The molecule has 0 aliphatic carbocycles. The van der Waals surface area contributed by atoms with Crippen LogP contribution in [0.1, 0.15) is 30.2 Å². The van der Waals surface area contributed by atoms with Gasteiger partial charge in [-0.25, -0.2) is 8.42 Å². The van der Waals surface area contributed by atoms with Gasteiger partial charge in [-0.2, -0.15) is 4.31 Å². The monoisotopic (exact) mass is 422 g/mol. The number of unbranched alkanes of at least 4 members (excludes halogenated alkanes) is 1. The molecule has 1 amide bonds. The summed E-state index contributed by atoms with van der Waals surface area (Å²) >= 11 is 1.15. The summed E-state index contributed by atoms with van der Waals surface area (Å²) < 4.78 is 32.3. The van der Waals surface area contributed by atoms with Crippen LogP contribution in [0.3, 0.4) is 0 Å². The molecule has 0 spiro atoms. The van der Waals surface area contributed by atoms with Crippen molar-refractivity contribution in [2.45, 2.75) is 36.8 Å². The number of ether oxygens (including phenoxy) is 1. The molecule has 0 unspecified atom stereocenters. The number of anilines is 1. The number of rotatable bonds is 8. The quantitative estimate of drug-likeness (QED) is 0.708. The highest BCUT2D eigenvalue weighted by atomic mass is 32.2. The average Bonchev–Trinajstić information content (AvgIpc) is 3.17. The number of morpholine rings is 1. The summed E-state index contributed by atoms with van der Waals surface area (Å²) in [5, 5.41) is 2.88. The molecule has 152 valence electrons. The zero-order valence-electron chi connectivity index (χ0n) is 16.0. The summed E-state index contributed by atoms with van der Waals surface area (Å²) in [4.78, 5) is 13.0. The molecule has 8 heteroatoms. The molecule has 28 heavy (non-hydrogen) atoms. The summed E-state index contributed by atoms with van der Waals surface area (Å²) in [7, 11) is -3.51. The Hall–Kier alpha value is -1.74. The molecule has 2 aromatic rings. The summed E-state index contributed by atoms with van der Waals surface area (Å²) in [5.74, 6) is -0.154. The van der Waals surface area contributed by atoms with E-state index in [1.54, 1.807) is 12.1 Å². The molecule has 0 radical (unpaired) electrons. The number of aryl methyl sites for hydroxylation is 1. The molecule has 1 aliphatic rings. The zero-order valence-corrected chi connectivity index (χ0v) is 17.7. The number of hydrogen-bond acceptors (Lipinski definition) is 5. The van der Waals surface area contributed by atoms with E-state index >= 15 is 0 Å². The second kappa shape index (κ2) is 9.65. The van der Waals surface area contributed by atoms with E-state index in [9.17, 15) is 13.2 Å². The van der Waals surface area contributed by atoms with Crippen molar-refractivity contribution >= 4 is 33.0 Å². The van der Waals surface area contributed by atoms with E-state index in [2.05, 4.69) is 12.2 Å². The van der Waals surface area contributed by atoms with Crippen molar-refractivity contribution in [3.05, 3.63) is 46.8 Å². The molecule has 1 aromatic heterocycles. The van der Waals surface area contributed by atoms with Crippen LogP contribution in [-0.4, -0.2) is 44.9 Å². The van der Waals surface area contributed by atoms with Gasteiger partial charge in [-0.3, -0.25) is 4.79 Å². The average molecular weight is 423 g/mol. The first-order valence-electron chi connectivity index (χ1n) is 9.54. The van der Waals surface area contributed by atoms with E-state index in [1.165, 1.54) is 9.87 Å². The summed E-state index contributed by atoms with van der Waals surface area (Å²) in [6, 6.07) is 11.2. The molecule has 1 saturated heterocycles. The van der Waals surface area contributed by atoms with Crippen LogP contribution in [-0.2, 0) is 32.4 Å². The van der Waals surface area contributed by atoms with Gasteiger partial charge in [0, 0.05) is 23.7 Å². The normalized spacial score (nSPS) is 15.5. The van der Waals surface area contributed by atoms with Crippen LogP contribution in [0.2, 0.25) is 0 Å². The second-order valence-corrected chi connectivity index (χ2v) is 10.1. The van der Waals surface area contributed by atoms with Gasteiger partial charge in [0.2, 0.25) is 5.91 Å². The maximum absolute atomic E-state index is 12.7. The Bertz CT molecular complexity index is 885. The molecule has 0 saturated carbocycles. The number of benzene rings is 1. The third kappa shape index (κ3) is 5.41. The van der Waals surface area contributed by atoms with Crippen LogP contribution in [0.15, 0.2) is 40.6 Å². The first kappa shape index (κ1) is 21.0. The molecule has 0 bridgehead atoms. The Morgan fingerprint density at radius 2 is 1.86 bits per heavy atom. The third-order valence-corrected chi connectivity index (χ3v) is 8.04. The number of carbonyl (C=O) groups excluding carboxylic acids is 1. The van der Waals surface area contributed by atoms with Crippen LogP contribution in [0.4, 0.5) is 5.69 Å². The third-order valence-electron chi connectivity index (χ3n) is 4.59. The minimum absolute atomic E-state index is 0.154. The topological polar surface area (TPSA) is 75.7 Å². The number of sulfonamides is 1. The molecular weight excluding hydrogens is 396 g/mol. The van der Waals surface area contributed by atoms with Crippen molar-refractivity contribution in [2.75, 3.05) is 31.6 Å². The Labute approximate surface area is 170 Å². The van der Waals surface area contributed by atoms with Crippen molar-refractivity contribution in [3.63, 3.8) is 0 Å². The maximum atomic E-state index is 12.7. The molecule has 0 atom stereocenters. The molecule has 3 rings (SSSR count). The number of thiophene rings is 1. The van der Waals surface area contributed by atoms with Gasteiger partial charge in [-0.15, -0.1) is 11.3 Å². The summed E-state index contributed by atoms with van der Waals surface area (Å²) in [5.41, 5.74) is 2.01. The highest BCUT2D eigenvalue weighted by Gasteiger charge is 2.27. The van der Waals surface area contributed by atoms with Crippen LogP contribution < -0.4 is 5.32 Å². The fourth-order valence-corrected chi connectivity index (χ4v) is 5.92.